The monoisotopic (exact) mass is 408 g/mol. The zero-order valence-corrected chi connectivity index (χ0v) is 17.4. The number of hydrogen-bond donors (Lipinski definition) is 0. The van der Waals surface area contributed by atoms with Crippen molar-refractivity contribution < 1.29 is 14.4 Å². The molecule has 5 nitrogen and oxygen atoms in total. The summed E-state index contributed by atoms with van der Waals surface area (Å²) in [4.78, 5) is 44.7. The van der Waals surface area contributed by atoms with Gasteiger partial charge in [-0.2, -0.15) is 0 Å². The Morgan fingerprint density at radius 2 is 2.17 bits per heavy atom. The van der Waals surface area contributed by atoms with Crippen molar-refractivity contribution >= 4 is 28.8 Å². The molecule has 0 spiro atoms. The van der Waals surface area contributed by atoms with Gasteiger partial charge in [-0.1, -0.05) is 18.2 Å². The van der Waals surface area contributed by atoms with Gasteiger partial charge >= 0.3 is 0 Å². The fourth-order valence-electron chi connectivity index (χ4n) is 4.09. The van der Waals surface area contributed by atoms with Crippen LogP contribution in [-0.4, -0.2) is 33.4 Å². The topological polar surface area (TPSA) is 67.3 Å². The van der Waals surface area contributed by atoms with Crippen molar-refractivity contribution in [3.05, 3.63) is 63.1 Å². The third-order valence-corrected chi connectivity index (χ3v) is 6.84. The van der Waals surface area contributed by atoms with Gasteiger partial charge in [0.25, 0.3) is 5.91 Å². The summed E-state index contributed by atoms with van der Waals surface area (Å²) in [7, 11) is 0. The quantitative estimate of drug-likeness (QED) is 0.682. The number of Topliss-reactive ketones (excluding diaryl/α,β-unsaturated/α-hetero) is 2. The Bertz CT molecular complexity index is 990. The zero-order valence-electron chi connectivity index (χ0n) is 16.6. The molecule has 1 aliphatic carbocycles. The summed E-state index contributed by atoms with van der Waals surface area (Å²) >= 11 is 1.54. The minimum absolute atomic E-state index is 0.0505. The summed E-state index contributed by atoms with van der Waals surface area (Å²) in [5, 5.41) is 1.88. The van der Waals surface area contributed by atoms with E-state index in [0.29, 0.717) is 44.2 Å². The van der Waals surface area contributed by atoms with Gasteiger partial charge in [-0.25, -0.2) is 0 Å². The second kappa shape index (κ2) is 8.03. The normalized spacial score (nSPS) is 19.0. The molecule has 0 saturated heterocycles. The number of thiophene rings is 1. The molecule has 150 valence electrons. The highest BCUT2D eigenvalue weighted by Crippen LogP contribution is 2.35. The number of fused-ring (bicyclic) bond motifs is 1. The molecule has 29 heavy (non-hydrogen) atoms. The van der Waals surface area contributed by atoms with E-state index in [1.807, 2.05) is 24.4 Å². The van der Waals surface area contributed by atoms with Crippen LogP contribution in [0, 0.1) is 6.92 Å². The molecule has 1 saturated carbocycles. The molecular weight excluding hydrogens is 384 g/mol. The first kappa shape index (κ1) is 19.7. The van der Waals surface area contributed by atoms with Gasteiger partial charge < -0.3 is 4.90 Å². The van der Waals surface area contributed by atoms with E-state index < -0.39 is 0 Å². The first-order chi connectivity index (χ1) is 13.9. The maximum Gasteiger partial charge on any atom is 0.255 e. The molecule has 4 rings (SSSR count). The molecule has 3 heterocycles. The van der Waals surface area contributed by atoms with Gasteiger partial charge in [0, 0.05) is 48.0 Å². The Hall–Kier alpha value is -2.60. The van der Waals surface area contributed by atoms with Gasteiger partial charge in [-0.15, -0.1) is 11.3 Å². The largest absolute Gasteiger partial charge is 0.324 e. The van der Waals surface area contributed by atoms with Gasteiger partial charge in [-0.3, -0.25) is 19.4 Å². The zero-order chi connectivity index (χ0) is 20.5. The SMILES string of the molecule is C=C1CCC(N2Cc3c(csc3CCC(=O)Cc3ccc(C)nc3)C2=O)C(=O)C1. The smallest absolute Gasteiger partial charge is 0.255 e. The van der Waals surface area contributed by atoms with Crippen LogP contribution in [0.3, 0.4) is 0 Å². The number of carbonyl (C=O) groups excluding carboxylic acids is 3. The lowest BCUT2D eigenvalue weighted by atomic mass is 9.89. The van der Waals surface area contributed by atoms with E-state index in [-0.39, 0.29) is 23.5 Å². The van der Waals surface area contributed by atoms with Crippen LogP contribution in [-0.2, 0) is 29.0 Å². The first-order valence-corrected chi connectivity index (χ1v) is 10.8. The summed E-state index contributed by atoms with van der Waals surface area (Å²) < 4.78 is 0. The number of nitrogens with zero attached hydrogens (tertiary/aromatic N) is 2. The Morgan fingerprint density at radius 1 is 1.34 bits per heavy atom. The van der Waals surface area contributed by atoms with Crippen molar-refractivity contribution in [2.45, 2.75) is 58.0 Å². The number of pyridine rings is 1. The number of ketones is 2. The maximum absolute atomic E-state index is 12.8. The Morgan fingerprint density at radius 3 is 2.90 bits per heavy atom. The highest BCUT2D eigenvalue weighted by molar-refractivity contribution is 7.10. The lowest BCUT2D eigenvalue weighted by Crippen LogP contribution is -2.43. The first-order valence-electron chi connectivity index (χ1n) is 9.95. The Labute approximate surface area is 174 Å². The average molecular weight is 409 g/mol. The van der Waals surface area contributed by atoms with Crippen molar-refractivity contribution in [2.75, 3.05) is 0 Å². The Balaban J connectivity index is 1.39. The van der Waals surface area contributed by atoms with E-state index in [1.54, 1.807) is 22.4 Å². The maximum atomic E-state index is 12.8. The lowest BCUT2D eigenvalue weighted by Gasteiger charge is -2.30. The summed E-state index contributed by atoms with van der Waals surface area (Å²) in [5.74, 6) is 0.206. The molecule has 1 unspecified atom stereocenters. The molecule has 6 heteroatoms. The number of allylic oxidation sites excluding steroid dienone is 1. The number of amides is 1. The summed E-state index contributed by atoms with van der Waals surface area (Å²) in [6.45, 7) is 6.30. The van der Waals surface area contributed by atoms with E-state index >= 15 is 0 Å². The van der Waals surface area contributed by atoms with E-state index in [1.165, 1.54) is 0 Å². The Kier molecular flexibility index (Phi) is 5.46. The van der Waals surface area contributed by atoms with Gasteiger partial charge in [0.15, 0.2) is 5.78 Å². The minimum Gasteiger partial charge on any atom is -0.324 e. The van der Waals surface area contributed by atoms with Crippen molar-refractivity contribution in [1.29, 1.82) is 0 Å². The van der Waals surface area contributed by atoms with Crippen LogP contribution in [0.25, 0.3) is 0 Å². The number of carbonyl (C=O) groups is 3. The van der Waals surface area contributed by atoms with Crippen LogP contribution < -0.4 is 0 Å². The minimum atomic E-state index is -0.339. The molecule has 1 fully saturated rings. The van der Waals surface area contributed by atoms with Crippen LogP contribution in [0.5, 0.6) is 0 Å². The highest BCUT2D eigenvalue weighted by atomic mass is 32.1. The van der Waals surface area contributed by atoms with Crippen molar-refractivity contribution in [2.24, 2.45) is 0 Å². The van der Waals surface area contributed by atoms with E-state index in [9.17, 15) is 14.4 Å². The standard InChI is InChI=1S/C23H24N2O3S/c1-14-3-7-20(21(27)9-14)25-12-18-19(23(25)28)13-29-22(18)8-6-17(26)10-16-5-4-15(2)24-11-16/h4-5,11,13,20H,1,3,6-10,12H2,2H3. The summed E-state index contributed by atoms with van der Waals surface area (Å²) in [5.41, 5.74) is 4.52. The van der Waals surface area contributed by atoms with Crippen molar-refractivity contribution in [3.8, 4) is 0 Å². The lowest BCUT2D eigenvalue weighted by molar-refractivity contribution is -0.124. The molecule has 1 amide bonds. The van der Waals surface area contributed by atoms with E-state index in [4.69, 9.17) is 0 Å². The third kappa shape index (κ3) is 4.08. The van der Waals surface area contributed by atoms with Crippen molar-refractivity contribution in [3.63, 3.8) is 0 Å². The predicted molar refractivity (Wildman–Crippen MR) is 112 cm³/mol. The summed E-state index contributed by atoms with van der Waals surface area (Å²) in [6, 6.07) is 3.51. The molecule has 2 aromatic rings. The molecule has 0 bridgehead atoms. The molecular formula is C23H24N2O3S. The number of rotatable bonds is 6. The van der Waals surface area contributed by atoms with E-state index in [2.05, 4.69) is 11.6 Å². The van der Waals surface area contributed by atoms with Gasteiger partial charge in [0.05, 0.1) is 11.6 Å². The van der Waals surface area contributed by atoms with E-state index in [0.717, 1.165) is 33.7 Å². The average Bonchev–Trinajstić information content (AvgIpc) is 3.22. The van der Waals surface area contributed by atoms with Crippen molar-refractivity contribution in [1.82, 2.24) is 9.88 Å². The van der Waals surface area contributed by atoms with Crippen LogP contribution >= 0.6 is 11.3 Å². The fraction of sp³-hybridized carbons (Fsp3) is 0.391. The molecule has 0 radical (unpaired) electrons. The number of aromatic nitrogens is 1. The number of aryl methyl sites for hydroxylation is 2. The van der Waals surface area contributed by atoms with Crippen LogP contribution in [0.1, 0.15) is 57.7 Å². The van der Waals surface area contributed by atoms with Crippen LogP contribution in [0.2, 0.25) is 0 Å². The second-order valence-corrected chi connectivity index (χ2v) is 8.92. The van der Waals surface area contributed by atoms with Gasteiger partial charge in [0.2, 0.25) is 0 Å². The fourth-order valence-corrected chi connectivity index (χ4v) is 5.13. The highest BCUT2D eigenvalue weighted by Gasteiger charge is 2.39. The molecule has 1 atom stereocenters. The summed E-state index contributed by atoms with van der Waals surface area (Å²) in [6.07, 6.45) is 5.04. The van der Waals surface area contributed by atoms with Gasteiger partial charge in [0.1, 0.15) is 5.78 Å². The second-order valence-electron chi connectivity index (χ2n) is 7.96. The van der Waals surface area contributed by atoms with Crippen LogP contribution in [0.15, 0.2) is 35.9 Å². The number of hydrogen-bond acceptors (Lipinski definition) is 5. The predicted octanol–water partition coefficient (Wildman–Crippen LogP) is 3.83. The molecule has 2 aliphatic rings. The molecule has 2 aromatic heterocycles. The third-order valence-electron chi connectivity index (χ3n) is 5.75. The molecule has 1 aliphatic heterocycles. The molecule has 0 aromatic carbocycles. The molecule has 0 N–H and O–H groups in total. The van der Waals surface area contributed by atoms with Crippen LogP contribution in [0.4, 0.5) is 0 Å². The van der Waals surface area contributed by atoms with Gasteiger partial charge in [-0.05, 0) is 43.4 Å².